The standard InChI is InChI=1S/C26H33FN4O2/c1-19-14-23(29-25(28-19)31-10-3-2-4-11-31)24(32)30-12-8-26(9-13-30)17-22(33-18-26)16-20-6-5-7-21(27)15-20/h5-7,14-15,22H,2-4,8-13,16-18H2,1H3. The number of aryl methyl sites for hydroxylation is 1. The van der Waals surface area contributed by atoms with Gasteiger partial charge in [-0.2, -0.15) is 0 Å². The number of halogens is 1. The predicted molar refractivity (Wildman–Crippen MR) is 125 cm³/mol. The predicted octanol–water partition coefficient (Wildman–Crippen LogP) is 4.17. The van der Waals surface area contributed by atoms with Gasteiger partial charge in [0.15, 0.2) is 0 Å². The Morgan fingerprint density at radius 1 is 1.12 bits per heavy atom. The number of aromatic nitrogens is 2. The molecule has 6 nitrogen and oxygen atoms in total. The first-order valence-electron chi connectivity index (χ1n) is 12.3. The Balaban J connectivity index is 1.20. The number of likely N-dealkylation sites (tertiary alicyclic amines) is 1. The van der Waals surface area contributed by atoms with E-state index < -0.39 is 0 Å². The first-order chi connectivity index (χ1) is 16.0. The summed E-state index contributed by atoms with van der Waals surface area (Å²) in [5.74, 6) is 0.496. The summed E-state index contributed by atoms with van der Waals surface area (Å²) in [5.41, 5.74) is 2.45. The van der Waals surface area contributed by atoms with E-state index in [-0.39, 0.29) is 23.2 Å². The van der Waals surface area contributed by atoms with Crippen LogP contribution >= 0.6 is 0 Å². The highest BCUT2D eigenvalue weighted by atomic mass is 19.1. The van der Waals surface area contributed by atoms with Gasteiger partial charge >= 0.3 is 0 Å². The fourth-order valence-corrected chi connectivity index (χ4v) is 5.55. The fourth-order valence-electron chi connectivity index (χ4n) is 5.55. The molecule has 0 aliphatic carbocycles. The molecule has 176 valence electrons. The minimum Gasteiger partial charge on any atom is -0.377 e. The molecule has 0 radical (unpaired) electrons. The SMILES string of the molecule is Cc1cc(C(=O)N2CCC3(CC2)COC(Cc2cccc(F)c2)C3)nc(N2CCCCC2)n1. The van der Waals surface area contributed by atoms with Crippen molar-refractivity contribution < 1.29 is 13.9 Å². The van der Waals surface area contributed by atoms with Gasteiger partial charge in [-0.05, 0) is 81.0 Å². The zero-order valence-electron chi connectivity index (χ0n) is 19.4. The van der Waals surface area contributed by atoms with Crippen molar-refractivity contribution >= 4 is 11.9 Å². The number of nitrogens with zero attached hydrogens (tertiary/aromatic N) is 4. The quantitative estimate of drug-likeness (QED) is 0.697. The molecule has 1 unspecified atom stereocenters. The van der Waals surface area contributed by atoms with Gasteiger partial charge in [-0.1, -0.05) is 12.1 Å². The van der Waals surface area contributed by atoms with E-state index in [1.807, 2.05) is 24.0 Å². The number of rotatable bonds is 4. The van der Waals surface area contributed by atoms with Crippen molar-refractivity contribution in [1.29, 1.82) is 0 Å². The summed E-state index contributed by atoms with van der Waals surface area (Å²) >= 11 is 0. The second kappa shape index (κ2) is 9.37. The van der Waals surface area contributed by atoms with Crippen molar-refractivity contribution in [3.63, 3.8) is 0 Å². The minimum absolute atomic E-state index is 0.00355. The van der Waals surface area contributed by atoms with Crippen LogP contribution in [0.5, 0.6) is 0 Å². The van der Waals surface area contributed by atoms with Crippen LogP contribution in [0, 0.1) is 18.2 Å². The molecule has 1 atom stereocenters. The van der Waals surface area contributed by atoms with Crippen molar-refractivity contribution in [3.05, 3.63) is 53.1 Å². The van der Waals surface area contributed by atoms with Crippen LogP contribution in [0.1, 0.15) is 60.3 Å². The molecular weight excluding hydrogens is 419 g/mol. The third kappa shape index (κ3) is 5.03. The van der Waals surface area contributed by atoms with E-state index in [0.29, 0.717) is 11.6 Å². The van der Waals surface area contributed by atoms with Gasteiger partial charge in [0.2, 0.25) is 5.95 Å². The van der Waals surface area contributed by atoms with E-state index in [1.54, 1.807) is 12.1 Å². The Labute approximate surface area is 195 Å². The smallest absolute Gasteiger partial charge is 0.272 e. The molecule has 0 bridgehead atoms. The number of benzene rings is 1. The maximum Gasteiger partial charge on any atom is 0.272 e. The van der Waals surface area contributed by atoms with Crippen molar-refractivity contribution in [1.82, 2.24) is 14.9 Å². The summed E-state index contributed by atoms with van der Waals surface area (Å²) in [6, 6.07) is 8.60. The number of hydrogen-bond acceptors (Lipinski definition) is 5. The zero-order valence-corrected chi connectivity index (χ0v) is 19.4. The molecule has 5 rings (SSSR count). The van der Waals surface area contributed by atoms with Crippen LogP contribution in [0.15, 0.2) is 30.3 Å². The van der Waals surface area contributed by atoms with E-state index in [9.17, 15) is 9.18 Å². The summed E-state index contributed by atoms with van der Waals surface area (Å²) in [6.45, 7) is 6.01. The van der Waals surface area contributed by atoms with E-state index in [2.05, 4.69) is 14.9 Å². The Hall–Kier alpha value is -2.54. The number of amides is 1. The van der Waals surface area contributed by atoms with Gasteiger partial charge in [0, 0.05) is 31.9 Å². The lowest BCUT2D eigenvalue weighted by molar-refractivity contribution is 0.0492. The second-order valence-corrected chi connectivity index (χ2v) is 10.0. The van der Waals surface area contributed by atoms with Crippen LogP contribution in [0.25, 0.3) is 0 Å². The van der Waals surface area contributed by atoms with E-state index in [4.69, 9.17) is 4.74 Å². The molecule has 3 fully saturated rings. The number of piperidine rings is 2. The van der Waals surface area contributed by atoms with Crippen LogP contribution < -0.4 is 4.90 Å². The molecule has 7 heteroatoms. The van der Waals surface area contributed by atoms with E-state index in [0.717, 1.165) is 82.6 Å². The van der Waals surface area contributed by atoms with E-state index in [1.165, 1.54) is 12.5 Å². The van der Waals surface area contributed by atoms with Gasteiger partial charge in [-0.15, -0.1) is 0 Å². The van der Waals surface area contributed by atoms with E-state index >= 15 is 0 Å². The third-order valence-corrected chi connectivity index (χ3v) is 7.45. The molecular formula is C26H33FN4O2. The molecule has 0 saturated carbocycles. The maximum atomic E-state index is 13.5. The topological polar surface area (TPSA) is 58.6 Å². The molecule has 4 heterocycles. The van der Waals surface area contributed by atoms with Crippen LogP contribution in [-0.2, 0) is 11.2 Å². The fraction of sp³-hybridized carbons (Fsp3) is 0.577. The van der Waals surface area contributed by atoms with Crippen LogP contribution in [0.2, 0.25) is 0 Å². The molecule has 1 aromatic carbocycles. The second-order valence-electron chi connectivity index (χ2n) is 10.0. The Kier molecular flexibility index (Phi) is 6.32. The maximum absolute atomic E-state index is 13.5. The lowest BCUT2D eigenvalue weighted by Gasteiger charge is -2.38. The Bertz CT molecular complexity index is 1000. The summed E-state index contributed by atoms with van der Waals surface area (Å²) in [5, 5.41) is 0. The molecule has 0 N–H and O–H groups in total. The normalized spacial score (nSPS) is 22.7. The van der Waals surface area contributed by atoms with Gasteiger partial charge in [0.1, 0.15) is 11.5 Å². The first-order valence-corrected chi connectivity index (χ1v) is 12.3. The molecule has 2 aromatic rings. The number of hydrogen-bond donors (Lipinski definition) is 0. The average Bonchev–Trinajstić information content (AvgIpc) is 3.21. The molecule has 3 aliphatic heterocycles. The Morgan fingerprint density at radius 2 is 1.91 bits per heavy atom. The van der Waals surface area contributed by atoms with Crippen molar-refractivity contribution in [3.8, 4) is 0 Å². The number of carbonyl (C=O) groups excluding carboxylic acids is 1. The van der Waals surface area contributed by atoms with Gasteiger partial charge in [-0.25, -0.2) is 14.4 Å². The lowest BCUT2D eigenvalue weighted by Crippen LogP contribution is -2.44. The summed E-state index contributed by atoms with van der Waals surface area (Å²) in [6.07, 6.45) is 7.23. The van der Waals surface area contributed by atoms with Crippen molar-refractivity contribution in [2.75, 3.05) is 37.7 Å². The third-order valence-electron chi connectivity index (χ3n) is 7.45. The molecule has 33 heavy (non-hydrogen) atoms. The van der Waals surface area contributed by atoms with Gasteiger partial charge < -0.3 is 14.5 Å². The number of anilines is 1. The number of ether oxygens (including phenoxy) is 1. The molecule has 3 aliphatic rings. The zero-order chi connectivity index (χ0) is 22.8. The Morgan fingerprint density at radius 3 is 2.67 bits per heavy atom. The highest BCUT2D eigenvalue weighted by molar-refractivity contribution is 5.92. The first kappa shape index (κ1) is 22.3. The van der Waals surface area contributed by atoms with Crippen LogP contribution in [0.4, 0.5) is 10.3 Å². The monoisotopic (exact) mass is 452 g/mol. The van der Waals surface area contributed by atoms with Crippen LogP contribution in [0.3, 0.4) is 0 Å². The van der Waals surface area contributed by atoms with Crippen LogP contribution in [-0.4, -0.2) is 59.7 Å². The largest absolute Gasteiger partial charge is 0.377 e. The molecule has 1 aromatic heterocycles. The number of carbonyl (C=O) groups is 1. The summed E-state index contributed by atoms with van der Waals surface area (Å²) < 4.78 is 19.6. The van der Waals surface area contributed by atoms with Gasteiger partial charge in [0.05, 0.1) is 12.7 Å². The highest BCUT2D eigenvalue weighted by Crippen LogP contribution is 2.43. The van der Waals surface area contributed by atoms with Crippen molar-refractivity contribution in [2.45, 2.75) is 58.0 Å². The molecule has 1 amide bonds. The summed E-state index contributed by atoms with van der Waals surface area (Å²) in [7, 11) is 0. The minimum atomic E-state index is -0.199. The van der Waals surface area contributed by atoms with Crippen molar-refractivity contribution in [2.24, 2.45) is 5.41 Å². The van der Waals surface area contributed by atoms with Gasteiger partial charge in [0.25, 0.3) is 5.91 Å². The van der Waals surface area contributed by atoms with Gasteiger partial charge in [-0.3, -0.25) is 4.79 Å². The molecule has 3 saturated heterocycles. The summed E-state index contributed by atoms with van der Waals surface area (Å²) in [4.78, 5) is 26.7. The lowest BCUT2D eigenvalue weighted by atomic mass is 9.76. The highest BCUT2D eigenvalue weighted by Gasteiger charge is 2.43. The molecule has 1 spiro atoms. The average molecular weight is 453 g/mol.